The average molecular weight is 410 g/mol. The highest BCUT2D eigenvalue weighted by atomic mass is 79.9. The molecule has 0 aliphatic heterocycles. The van der Waals surface area contributed by atoms with Crippen LogP contribution in [0, 0.1) is 0 Å². The summed E-state index contributed by atoms with van der Waals surface area (Å²) in [6.07, 6.45) is 0. The third-order valence-electron chi connectivity index (χ3n) is 2.62. The molecule has 19 heavy (non-hydrogen) atoms. The number of hydrogen-bond acceptors (Lipinski definition) is 3. The van der Waals surface area contributed by atoms with Crippen LogP contribution in [0.25, 0.3) is 0 Å². The summed E-state index contributed by atoms with van der Waals surface area (Å²) >= 11 is 13.1. The maximum absolute atomic E-state index is 6.27. The molecule has 0 spiro atoms. The minimum atomic E-state index is -0.161. The van der Waals surface area contributed by atoms with Crippen molar-refractivity contribution in [2.75, 3.05) is 14.2 Å². The molecule has 0 fully saturated rings. The van der Waals surface area contributed by atoms with Crippen LogP contribution in [0.1, 0.15) is 16.2 Å². The molecule has 0 bridgehead atoms. The molecular formula is C13H11Br2ClO3. The van der Waals surface area contributed by atoms with E-state index in [1.165, 1.54) is 0 Å². The van der Waals surface area contributed by atoms with Gasteiger partial charge in [-0.2, -0.15) is 0 Å². The van der Waals surface area contributed by atoms with Gasteiger partial charge in [-0.25, -0.2) is 0 Å². The number of ether oxygens (including phenoxy) is 2. The second-order valence-corrected chi connectivity index (χ2v) is 5.84. The fourth-order valence-corrected chi connectivity index (χ4v) is 3.02. The Labute approximate surface area is 133 Å². The zero-order valence-corrected chi connectivity index (χ0v) is 14.2. The number of methoxy groups -OCH3 is 2. The third kappa shape index (κ3) is 3.09. The first-order valence-electron chi connectivity index (χ1n) is 5.37. The Hall–Kier alpha value is -0.650. The molecular weight excluding hydrogens is 399 g/mol. The van der Waals surface area contributed by atoms with Crippen molar-refractivity contribution in [3.05, 3.63) is 45.3 Å². The van der Waals surface area contributed by atoms with E-state index in [-0.39, 0.29) is 4.83 Å². The van der Waals surface area contributed by atoms with Crippen molar-refractivity contribution < 1.29 is 13.9 Å². The Kier molecular flexibility index (Phi) is 4.81. The molecule has 0 aliphatic carbocycles. The first kappa shape index (κ1) is 14.8. The molecule has 2 aromatic rings. The molecule has 0 aliphatic rings. The number of furan rings is 1. The third-order valence-corrected chi connectivity index (χ3v) is 4.32. The highest BCUT2D eigenvalue weighted by molar-refractivity contribution is 9.10. The largest absolute Gasteiger partial charge is 0.493 e. The van der Waals surface area contributed by atoms with Crippen LogP contribution in [0.3, 0.4) is 0 Å². The number of halogens is 3. The Balaban J connectivity index is 2.44. The monoisotopic (exact) mass is 408 g/mol. The van der Waals surface area contributed by atoms with Gasteiger partial charge in [0.15, 0.2) is 16.2 Å². The van der Waals surface area contributed by atoms with Crippen molar-refractivity contribution in [3.63, 3.8) is 0 Å². The van der Waals surface area contributed by atoms with E-state index in [0.717, 1.165) is 11.3 Å². The molecule has 1 unspecified atom stereocenters. The number of rotatable bonds is 4. The highest BCUT2D eigenvalue weighted by Crippen LogP contribution is 2.42. The minimum absolute atomic E-state index is 0.161. The van der Waals surface area contributed by atoms with Crippen LogP contribution in [0.15, 0.2) is 33.4 Å². The number of hydrogen-bond donors (Lipinski definition) is 0. The van der Waals surface area contributed by atoms with Gasteiger partial charge in [0.2, 0.25) is 0 Å². The fourth-order valence-electron chi connectivity index (χ4n) is 1.68. The summed E-state index contributed by atoms with van der Waals surface area (Å²) in [5, 5.41) is 0.576. The number of benzene rings is 1. The van der Waals surface area contributed by atoms with Crippen molar-refractivity contribution in [2.24, 2.45) is 0 Å². The molecule has 3 nitrogen and oxygen atoms in total. The maximum Gasteiger partial charge on any atom is 0.169 e. The van der Waals surface area contributed by atoms with Gasteiger partial charge in [-0.05, 0) is 39.7 Å². The molecule has 0 amide bonds. The topological polar surface area (TPSA) is 31.6 Å². The van der Waals surface area contributed by atoms with E-state index >= 15 is 0 Å². The standard InChI is InChI=1S/C13H11Br2ClO3/c1-17-10-5-7(8(16)6-11(10)18-2)13(15)9-3-4-12(14)19-9/h3-6,13H,1-2H3. The van der Waals surface area contributed by atoms with Crippen LogP contribution in [-0.4, -0.2) is 14.2 Å². The molecule has 0 saturated carbocycles. The predicted molar refractivity (Wildman–Crippen MR) is 81.7 cm³/mol. The molecule has 1 aromatic carbocycles. The van der Waals surface area contributed by atoms with Crippen LogP contribution in [-0.2, 0) is 0 Å². The van der Waals surface area contributed by atoms with E-state index in [9.17, 15) is 0 Å². The summed E-state index contributed by atoms with van der Waals surface area (Å²) < 4.78 is 16.7. The molecule has 1 heterocycles. The first-order chi connectivity index (χ1) is 9.06. The van der Waals surface area contributed by atoms with Gasteiger partial charge in [-0.15, -0.1) is 0 Å². The summed E-state index contributed by atoms with van der Waals surface area (Å²) in [4.78, 5) is -0.161. The first-order valence-corrected chi connectivity index (χ1v) is 7.46. The molecule has 1 atom stereocenters. The van der Waals surface area contributed by atoms with Gasteiger partial charge in [0.25, 0.3) is 0 Å². The summed E-state index contributed by atoms with van der Waals surface area (Å²) in [6.45, 7) is 0. The molecule has 0 saturated heterocycles. The lowest BCUT2D eigenvalue weighted by atomic mass is 10.1. The Morgan fingerprint density at radius 3 is 2.32 bits per heavy atom. The second-order valence-electron chi connectivity index (χ2n) is 3.73. The summed E-state index contributed by atoms with van der Waals surface area (Å²) in [6, 6.07) is 7.26. The normalized spacial score (nSPS) is 12.3. The van der Waals surface area contributed by atoms with Gasteiger partial charge < -0.3 is 13.9 Å². The van der Waals surface area contributed by atoms with Crippen molar-refractivity contribution in [3.8, 4) is 11.5 Å². The minimum Gasteiger partial charge on any atom is -0.493 e. The second kappa shape index (κ2) is 6.20. The van der Waals surface area contributed by atoms with Crippen molar-refractivity contribution >= 4 is 43.5 Å². The molecule has 102 valence electrons. The molecule has 6 heteroatoms. The van der Waals surface area contributed by atoms with E-state index in [0.29, 0.717) is 21.2 Å². The van der Waals surface area contributed by atoms with E-state index in [1.807, 2.05) is 18.2 Å². The maximum atomic E-state index is 6.27. The molecule has 1 aromatic heterocycles. The van der Waals surface area contributed by atoms with Gasteiger partial charge in [-0.1, -0.05) is 27.5 Å². The van der Waals surface area contributed by atoms with Gasteiger partial charge in [0, 0.05) is 11.1 Å². The van der Waals surface area contributed by atoms with Gasteiger partial charge >= 0.3 is 0 Å². The van der Waals surface area contributed by atoms with E-state index in [2.05, 4.69) is 31.9 Å². The van der Waals surface area contributed by atoms with Crippen molar-refractivity contribution in [1.29, 1.82) is 0 Å². The SMILES string of the molecule is COc1cc(Cl)c(C(Br)c2ccc(Br)o2)cc1OC. The summed E-state index contributed by atoms with van der Waals surface area (Å²) in [5.74, 6) is 1.97. The quantitative estimate of drug-likeness (QED) is 0.650. The zero-order chi connectivity index (χ0) is 14.0. The molecule has 0 N–H and O–H groups in total. The summed E-state index contributed by atoms with van der Waals surface area (Å²) in [5.41, 5.74) is 0.848. The molecule has 2 rings (SSSR count). The van der Waals surface area contributed by atoms with Crippen molar-refractivity contribution in [2.45, 2.75) is 4.83 Å². The zero-order valence-electron chi connectivity index (χ0n) is 10.2. The van der Waals surface area contributed by atoms with E-state index in [1.54, 1.807) is 20.3 Å². The van der Waals surface area contributed by atoms with Gasteiger partial charge in [0.1, 0.15) is 5.76 Å². The van der Waals surface area contributed by atoms with Crippen LogP contribution in [0.4, 0.5) is 0 Å². The average Bonchev–Trinajstić information content (AvgIpc) is 2.84. The van der Waals surface area contributed by atoms with Crippen LogP contribution < -0.4 is 9.47 Å². The predicted octanol–water partition coefficient (Wildman–Crippen LogP) is 5.20. The Morgan fingerprint density at radius 2 is 1.79 bits per heavy atom. The van der Waals surface area contributed by atoms with Crippen LogP contribution in [0.2, 0.25) is 5.02 Å². The smallest absolute Gasteiger partial charge is 0.169 e. The van der Waals surface area contributed by atoms with E-state index < -0.39 is 0 Å². The van der Waals surface area contributed by atoms with Gasteiger partial charge in [0.05, 0.1) is 19.0 Å². The van der Waals surface area contributed by atoms with Crippen LogP contribution >= 0.6 is 43.5 Å². The Morgan fingerprint density at radius 1 is 1.16 bits per heavy atom. The van der Waals surface area contributed by atoms with E-state index in [4.69, 9.17) is 25.5 Å². The number of alkyl halides is 1. The van der Waals surface area contributed by atoms with Crippen molar-refractivity contribution in [1.82, 2.24) is 0 Å². The fraction of sp³-hybridized carbons (Fsp3) is 0.231. The lowest BCUT2D eigenvalue weighted by molar-refractivity contribution is 0.354. The van der Waals surface area contributed by atoms with Gasteiger partial charge in [-0.3, -0.25) is 0 Å². The van der Waals surface area contributed by atoms with Crippen LogP contribution in [0.5, 0.6) is 11.5 Å². The molecule has 0 radical (unpaired) electrons. The lowest BCUT2D eigenvalue weighted by Crippen LogP contribution is -1.96. The highest BCUT2D eigenvalue weighted by Gasteiger charge is 2.20. The Bertz CT molecular complexity index is 583. The lowest BCUT2D eigenvalue weighted by Gasteiger charge is -2.14. The summed E-state index contributed by atoms with van der Waals surface area (Å²) in [7, 11) is 3.16.